The zero-order valence-electron chi connectivity index (χ0n) is 6.34. The van der Waals surface area contributed by atoms with Gasteiger partial charge in [0.1, 0.15) is 0 Å². The number of hydrogen-bond acceptors (Lipinski definition) is 2. The molecule has 1 spiro atoms. The SMILES string of the molecule is CC1OC12CCC(CS)C2. The fourth-order valence-electron chi connectivity index (χ4n) is 2.09. The van der Waals surface area contributed by atoms with Gasteiger partial charge in [0.05, 0.1) is 11.7 Å². The van der Waals surface area contributed by atoms with Crippen molar-refractivity contribution in [2.45, 2.75) is 37.9 Å². The Labute approximate surface area is 67.6 Å². The summed E-state index contributed by atoms with van der Waals surface area (Å²) in [5.74, 6) is 1.87. The van der Waals surface area contributed by atoms with E-state index in [2.05, 4.69) is 19.6 Å². The molecule has 1 aliphatic heterocycles. The lowest BCUT2D eigenvalue weighted by Crippen LogP contribution is -2.08. The van der Waals surface area contributed by atoms with Crippen molar-refractivity contribution in [2.75, 3.05) is 5.75 Å². The second kappa shape index (κ2) is 2.15. The van der Waals surface area contributed by atoms with Gasteiger partial charge in [-0.1, -0.05) is 0 Å². The van der Waals surface area contributed by atoms with Crippen LogP contribution in [0.2, 0.25) is 0 Å². The summed E-state index contributed by atoms with van der Waals surface area (Å²) in [4.78, 5) is 0. The number of rotatable bonds is 1. The first-order valence-corrected chi connectivity index (χ1v) is 4.69. The summed E-state index contributed by atoms with van der Waals surface area (Å²) in [6, 6.07) is 0. The Balaban J connectivity index is 1.95. The van der Waals surface area contributed by atoms with Gasteiger partial charge >= 0.3 is 0 Å². The lowest BCUT2D eigenvalue weighted by Gasteiger charge is -2.02. The highest BCUT2D eigenvalue weighted by Crippen LogP contribution is 2.51. The van der Waals surface area contributed by atoms with Gasteiger partial charge in [-0.15, -0.1) is 0 Å². The van der Waals surface area contributed by atoms with Gasteiger partial charge in [-0.25, -0.2) is 0 Å². The third-order valence-corrected chi connectivity index (χ3v) is 3.48. The third kappa shape index (κ3) is 0.892. The molecule has 1 saturated heterocycles. The summed E-state index contributed by atoms with van der Waals surface area (Å²) in [7, 11) is 0. The fraction of sp³-hybridized carbons (Fsp3) is 1.00. The molecule has 2 fully saturated rings. The first-order chi connectivity index (χ1) is 4.77. The number of epoxide rings is 1. The molecule has 3 atom stereocenters. The minimum absolute atomic E-state index is 0.327. The predicted octanol–water partition coefficient (Wildman–Crippen LogP) is 1.87. The van der Waals surface area contributed by atoms with Crippen LogP contribution in [0.1, 0.15) is 26.2 Å². The molecule has 2 aliphatic rings. The summed E-state index contributed by atoms with van der Waals surface area (Å²) < 4.78 is 5.56. The Bertz CT molecular complexity index is 148. The quantitative estimate of drug-likeness (QED) is 0.454. The van der Waals surface area contributed by atoms with Gasteiger partial charge < -0.3 is 4.74 Å². The molecule has 1 nitrogen and oxygen atoms in total. The molecule has 3 unspecified atom stereocenters. The highest BCUT2D eigenvalue weighted by molar-refractivity contribution is 7.80. The maximum atomic E-state index is 5.56. The van der Waals surface area contributed by atoms with Gasteiger partial charge in [0.25, 0.3) is 0 Å². The molecule has 1 aliphatic carbocycles. The van der Waals surface area contributed by atoms with Crippen molar-refractivity contribution in [2.24, 2.45) is 5.92 Å². The van der Waals surface area contributed by atoms with Crippen LogP contribution in [0.15, 0.2) is 0 Å². The maximum absolute atomic E-state index is 5.56. The third-order valence-electron chi connectivity index (χ3n) is 2.96. The van der Waals surface area contributed by atoms with E-state index in [1.165, 1.54) is 19.3 Å². The van der Waals surface area contributed by atoms with E-state index >= 15 is 0 Å². The molecule has 0 aromatic rings. The van der Waals surface area contributed by atoms with Crippen molar-refractivity contribution >= 4 is 12.6 Å². The Kier molecular flexibility index (Phi) is 1.50. The van der Waals surface area contributed by atoms with E-state index in [0.717, 1.165) is 11.7 Å². The fourth-order valence-corrected chi connectivity index (χ4v) is 2.40. The molecule has 0 aromatic heterocycles. The summed E-state index contributed by atoms with van der Waals surface area (Å²) in [6.07, 6.45) is 4.41. The molecule has 0 radical (unpaired) electrons. The van der Waals surface area contributed by atoms with Crippen molar-refractivity contribution in [3.8, 4) is 0 Å². The van der Waals surface area contributed by atoms with Gasteiger partial charge in [0.15, 0.2) is 0 Å². The van der Waals surface area contributed by atoms with Gasteiger partial charge in [0, 0.05) is 0 Å². The predicted molar refractivity (Wildman–Crippen MR) is 44.5 cm³/mol. The van der Waals surface area contributed by atoms with Gasteiger partial charge in [-0.05, 0) is 37.9 Å². The molecule has 1 saturated carbocycles. The van der Waals surface area contributed by atoms with Crippen LogP contribution < -0.4 is 0 Å². The van der Waals surface area contributed by atoms with E-state index in [-0.39, 0.29) is 0 Å². The second-order valence-electron chi connectivity index (χ2n) is 3.62. The van der Waals surface area contributed by atoms with Gasteiger partial charge in [-0.3, -0.25) is 0 Å². The normalized spacial score (nSPS) is 52.2. The van der Waals surface area contributed by atoms with Crippen LogP contribution in [-0.4, -0.2) is 17.5 Å². The molecule has 58 valence electrons. The Morgan fingerprint density at radius 3 is 2.70 bits per heavy atom. The monoisotopic (exact) mass is 158 g/mol. The lowest BCUT2D eigenvalue weighted by molar-refractivity contribution is 0.294. The zero-order chi connectivity index (χ0) is 7.19. The first-order valence-electron chi connectivity index (χ1n) is 4.05. The lowest BCUT2D eigenvalue weighted by atomic mass is 10.0. The van der Waals surface area contributed by atoms with Crippen molar-refractivity contribution < 1.29 is 4.74 Å². The molecule has 10 heavy (non-hydrogen) atoms. The van der Waals surface area contributed by atoms with Crippen molar-refractivity contribution in [3.63, 3.8) is 0 Å². The molecule has 0 N–H and O–H groups in total. The van der Waals surface area contributed by atoms with Crippen molar-refractivity contribution in [1.29, 1.82) is 0 Å². The average molecular weight is 158 g/mol. The Hall–Kier alpha value is 0.310. The van der Waals surface area contributed by atoms with Crippen LogP contribution in [0.5, 0.6) is 0 Å². The first kappa shape index (κ1) is 6.99. The van der Waals surface area contributed by atoms with Gasteiger partial charge in [0.2, 0.25) is 0 Å². The maximum Gasteiger partial charge on any atom is 0.0948 e. The highest BCUT2D eigenvalue weighted by atomic mass is 32.1. The summed E-state index contributed by atoms with van der Waals surface area (Å²) >= 11 is 4.30. The van der Waals surface area contributed by atoms with E-state index in [0.29, 0.717) is 11.7 Å². The average Bonchev–Trinajstić information content (AvgIpc) is 2.43. The molecule has 2 rings (SSSR count). The van der Waals surface area contributed by atoms with Crippen LogP contribution >= 0.6 is 12.6 Å². The van der Waals surface area contributed by atoms with E-state index < -0.39 is 0 Å². The van der Waals surface area contributed by atoms with Crippen molar-refractivity contribution in [1.82, 2.24) is 0 Å². The van der Waals surface area contributed by atoms with Crippen LogP contribution in [0.3, 0.4) is 0 Å². The zero-order valence-corrected chi connectivity index (χ0v) is 7.23. The Morgan fingerprint density at radius 1 is 1.70 bits per heavy atom. The molecular weight excluding hydrogens is 144 g/mol. The minimum atomic E-state index is 0.327. The summed E-state index contributed by atoms with van der Waals surface area (Å²) in [5, 5.41) is 0. The van der Waals surface area contributed by atoms with Crippen LogP contribution in [-0.2, 0) is 4.74 Å². The molecular formula is C8H14OS. The molecule has 0 bridgehead atoms. The standard InChI is InChI=1S/C8H14OS/c1-6-8(9-6)3-2-7(4-8)5-10/h6-7,10H,2-5H2,1H3. The summed E-state index contributed by atoms with van der Waals surface area (Å²) in [5.41, 5.74) is 0.327. The smallest absolute Gasteiger partial charge is 0.0948 e. The summed E-state index contributed by atoms with van der Waals surface area (Å²) in [6.45, 7) is 2.18. The van der Waals surface area contributed by atoms with Crippen LogP contribution in [0, 0.1) is 5.92 Å². The van der Waals surface area contributed by atoms with E-state index in [9.17, 15) is 0 Å². The molecule has 0 aromatic carbocycles. The second-order valence-corrected chi connectivity index (χ2v) is 3.98. The molecule has 0 amide bonds. The van der Waals surface area contributed by atoms with Crippen LogP contribution in [0.4, 0.5) is 0 Å². The highest BCUT2D eigenvalue weighted by Gasteiger charge is 2.56. The topological polar surface area (TPSA) is 12.5 Å². The number of hydrogen-bond donors (Lipinski definition) is 1. The van der Waals surface area contributed by atoms with Crippen molar-refractivity contribution in [3.05, 3.63) is 0 Å². The van der Waals surface area contributed by atoms with E-state index in [4.69, 9.17) is 4.74 Å². The molecule has 2 heteroatoms. The minimum Gasteiger partial charge on any atom is -0.366 e. The van der Waals surface area contributed by atoms with E-state index in [1.807, 2.05) is 0 Å². The van der Waals surface area contributed by atoms with Gasteiger partial charge in [-0.2, -0.15) is 12.6 Å². The number of ether oxygens (including phenoxy) is 1. The molecule has 1 heterocycles. The van der Waals surface area contributed by atoms with Crippen LogP contribution in [0.25, 0.3) is 0 Å². The largest absolute Gasteiger partial charge is 0.366 e. The number of thiol groups is 1. The Morgan fingerprint density at radius 2 is 2.40 bits per heavy atom. The van der Waals surface area contributed by atoms with E-state index in [1.54, 1.807) is 0 Å².